The molecule has 0 spiro atoms. The van der Waals surface area contributed by atoms with Crippen molar-refractivity contribution in [3.8, 4) is 17.0 Å². The fraction of sp³-hybridized carbons (Fsp3) is 0.0500. The van der Waals surface area contributed by atoms with Crippen molar-refractivity contribution in [1.82, 2.24) is 10.3 Å². The zero-order valence-electron chi connectivity index (χ0n) is 27.5. The zero-order chi connectivity index (χ0) is 36.5. The first-order valence-corrected chi connectivity index (χ1v) is 18.3. The number of nitrogens with zero attached hydrogens (tertiary/aromatic N) is 1. The highest BCUT2D eigenvalue weighted by molar-refractivity contribution is 8.00. The summed E-state index contributed by atoms with van der Waals surface area (Å²) in [5.41, 5.74) is 3.88. The standard InChI is InChI=1S/C40H30Cl2N4O4S2/c1-50-30-14-8-9-25(21-30)22-34(44-37(47)27-12-6-3-7-13-27)38(48)43-29-16-18-31(19-17-29)52-36(26-10-4-2-5-11-26)39(49)46-40-45-35(24-51-40)28-15-20-32(41)33(42)23-28/h2-24,36H,1H3,(H,43,48)(H,44,47)(H,45,46,49)/b34-22-. The van der Waals surface area contributed by atoms with Crippen molar-refractivity contribution in [3.05, 3.63) is 165 Å². The highest BCUT2D eigenvalue weighted by atomic mass is 35.5. The van der Waals surface area contributed by atoms with E-state index in [0.29, 0.717) is 43.4 Å². The van der Waals surface area contributed by atoms with E-state index in [1.807, 2.05) is 60.0 Å². The quantitative estimate of drug-likeness (QED) is 0.0846. The number of ether oxygens (including phenoxy) is 1. The second-order valence-corrected chi connectivity index (χ2v) is 14.0. The van der Waals surface area contributed by atoms with Gasteiger partial charge in [0.1, 0.15) is 16.7 Å². The number of amides is 3. The van der Waals surface area contributed by atoms with Gasteiger partial charge in [0, 0.05) is 27.1 Å². The van der Waals surface area contributed by atoms with Gasteiger partial charge in [0.15, 0.2) is 5.13 Å². The molecule has 0 fully saturated rings. The maximum absolute atomic E-state index is 13.7. The van der Waals surface area contributed by atoms with Crippen molar-refractivity contribution in [3.63, 3.8) is 0 Å². The Morgan fingerprint density at radius 3 is 2.25 bits per heavy atom. The molecule has 0 saturated heterocycles. The second kappa shape index (κ2) is 17.2. The molecule has 0 aliphatic rings. The van der Waals surface area contributed by atoms with Crippen molar-refractivity contribution >= 4 is 80.9 Å². The van der Waals surface area contributed by atoms with Crippen LogP contribution in [0.4, 0.5) is 10.8 Å². The van der Waals surface area contributed by atoms with Crippen molar-refractivity contribution in [2.75, 3.05) is 17.7 Å². The second-order valence-electron chi connectivity index (χ2n) is 11.2. The molecule has 5 aromatic carbocycles. The first-order valence-electron chi connectivity index (χ1n) is 15.8. The largest absolute Gasteiger partial charge is 0.497 e. The number of methoxy groups -OCH3 is 1. The summed E-state index contributed by atoms with van der Waals surface area (Å²) in [7, 11) is 1.56. The number of halogens is 2. The summed E-state index contributed by atoms with van der Waals surface area (Å²) in [5, 5.41) is 11.1. The molecule has 1 heterocycles. The Morgan fingerprint density at radius 1 is 0.808 bits per heavy atom. The van der Waals surface area contributed by atoms with Gasteiger partial charge in [0.05, 0.1) is 22.8 Å². The zero-order valence-corrected chi connectivity index (χ0v) is 30.7. The molecule has 0 bridgehead atoms. The molecule has 1 unspecified atom stereocenters. The number of hydrogen-bond donors (Lipinski definition) is 3. The maximum Gasteiger partial charge on any atom is 0.272 e. The van der Waals surface area contributed by atoms with E-state index in [1.165, 1.54) is 23.1 Å². The Hall–Kier alpha value is -5.39. The molecule has 0 aliphatic carbocycles. The Balaban J connectivity index is 1.17. The lowest BCUT2D eigenvalue weighted by Crippen LogP contribution is -2.30. The molecular formula is C40H30Cl2N4O4S2. The molecule has 8 nitrogen and oxygen atoms in total. The molecule has 6 rings (SSSR count). The van der Waals surface area contributed by atoms with Crippen LogP contribution in [-0.4, -0.2) is 29.8 Å². The molecular weight excluding hydrogens is 736 g/mol. The van der Waals surface area contributed by atoms with Gasteiger partial charge in [-0.2, -0.15) is 0 Å². The normalized spacial score (nSPS) is 11.7. The summed E-state index contributed by atoms with van der Waals surface area (Å²) in [4.78, 5) is 45.7. The van der Waals surface area contributed by atoms with Gasteiger partial charge in [0.2, 0.25) is 5.91 Å². The summed E-state index contributed by atoms with van der Waals surface area (Å²) >= 11 is 14.9. The predicted octanol–water partition coefficient (Wildman–Crippen LogP) is 10.0. The van der Waals surface area contributed by atoms with E-state index < -0.39 is 17.1 Å². The first kappa shape index (κ1) is 36.4. The fourth-order valence-electron chi connectivity index (χ4n) is 4.98. The number of aromatic nitrogens is 1. The minimum atomic E-state index is -0.607. The van der Waals surface area contributed by atoms with Crippen LogP contribution in [0.1, 0.15) is 26.7 Å². The van der Waals surface area contributed by atoms with Crippen LogP contribution in [0.25, 0.3) is 17.3 Å². The molecule has 1 aromatic heterocycles. The molecule has 3 N–H and O–H groups in total. The Morgan fingerprint density at radius 2 is 1.54 bits per heavy atom. The van der Waals surface area contributed by atoms with E-state index in [9.17, 15) is 14.4 Å². The number of benzene rings is 5. The number of thiazole rings is 1. The SMILES string of the molecule is COc1cccc(/C=C(\NC(=O)c2ccccc2)C(=O)Nc2ccc(SC(C(=O)Nc3nc(-c4ccc(Cl)c(Cl)c4)cs3)c3ccccc3)cc2)c1. The molecule has 0 saturated carbocycles. The lowest BCUT2D eigenvalue weighted by Gasteiger charge is -2.17. The lowest BCUT2D eigenvalue weighted by molar-refractivity contribution is -0.116. The number of rotatable bonds is 12. The van der Waals surface area contributed by atoms with Crippen LogP contribution in [0, 0.1) is 0 Å². The van der Waals surface area contributed by atoms with E-state index in [2.05, 4.69) is 20.9 Å². The van der Waals surface area contributed by atoms with Crippen molar-refractivity contribution in [2.24, 2.45) is 0 Å². The lowest BCUT2D eigenvalue weighted by atomic mass is 10.1. The molecule has 6 aromatic rings. The van der Waals surface area contributed by atoms with Crippen LogP contribution in [0.3, 0.4) is 0 Å². The highest BCUT2D eigenvalue weighted by Crippen LogP contribution is 2.38. The maximum atomic E-state index is 13.7. The van der Waals surface area contributed by atoms with Gasteiger partial charge < -0.3 is 20.7 Å². The molecule has 3 amide bonds. The van der Waals surface area contributed by atoms with Crippen LogP contribution < -0.4 is 20.7 Å². The van der Waals surface area contributed by atoms with Crippen LogP contribution in [0.5, 0.6) is 5.75 Å². The molecule has 12 heteroatoms. The van der Waals surface area contributed by atoms with Crippen molar-refractivity contribution in [2.45, 2.75) is 10.1 Å². The van der Waals surface area contributed by atoms with Gasteiger partial charge in [-0.15, -0.1) is 23.1 Å². The van der Waals surface area contributed by atoms with Gasteiger partial charge in [-0.1, -0.05) is 89.9 Å². The number of carbonyl (C=O) groups excluding carboxylic acids is 3. The van der Waals surface area contributed by atoms with Gasteiger partial charge in [-0.3, -0.25) is 14.4 Å². The minimum Gasteiger partial charge on any atom is -0.497 e. The predicted molar refractivity (Wildman–Crippen MR) is 211 cm³/mol. The third kappa shape index (κ3) is 9.48. The van der Waals surface area contributed by atoms with Crippen LogP contribution in [0.15, 0.2) is 143 Å². The fourth-order valence-corrected chi connectivity index (χ4v) is 7.03. The van der Waals surface area contributed by atoms with E-state index in [4.69, 9.17) is 27.9 Å². The summed E-state index contributed by atoms with van der Waals surface area (Å²) in [6.07, 6.45) is 1.59. The number of thioether (sulfide) groups is 1. The molecule has 52 heavy (non-hydrogen) atoms. The van der Waals surface area contributed by atoms with E-state index in [0.717, 1.165) is 16.0 Å². The third-order valence-corrected chi connectivity index (χ3v) is 10.4. The number of hydrogen-bond acceptors (Lipinski definition) is 7. The number of nitrogens with one attached hydrogen (secondary N) is 3. The smallest absolute Gasteiger partial charge is 0.272 e. The average molecular weight is 766 g/mol. The number of carbonyl (C=O) groups is 3. The summed E-state index contributed by atoms with van der Waals surface area (Å²) < 4.78 is 5.32. The van der Waals surface area contributed by atoms with Gasteiger partial charge in [-0.25, -0.2) is 4.98 Å². The van der Waals surface area contributed by atoms with Gasteiger partial charge >= 0.3 is 0 Å². The van der Waals surface area contributed by atoms with Crippen molar-refractivity contribution < 1.29 is 19.1 Å². The summed E-state index contributed by atoms with van der Waals surface area (Å²) in [6.45, 7) is 0. The van der Waals surface area contributed by atoms with E-state index in [1.54, 1.807) is 86.0 Å². The molecule has 1 atom stereocenters. The topological polar surface area (TPSA) is 109 Å². The molecule has 0 aliphatic heterocycles. The molecule has 260 valence electrons. The van der Waals surface area contributed by atoms with Crippen molar-refractivity contribution in [1.29, 1.82) is 0 Å². The van der Waals surface area contributed by atoms with Crippen LogP contribution in [-0.2, 0) is 9.59 Å². The third-order valence-electron chi connectivity index (χ3n) is 7.59. The van der Waals surface area contributed by atoms with Crippen LogP contribution in [0.2, 0.25) is 10.0 Å². The number of anilines is 2. The summed E-state index contributed by atoms with van der Waals surface area (Å²) in [5.74, 6) is -0.578. The summed E-state index contributed by atoms with van der Waals surface area (Å²) in [6, 6.07) is 37.6. The molecule has 0 radical (unpaired) electrons. The first-order chi connectivity index (χ1) is 25.2. The van der Waals surface area contributed by atoms with E-state index in [-0.39, 0.29) is 11.6 Å². The van der Waals surface area contributed by atoms with Crippen LogP contribution >= 0.6 is 46.3 Å². The highest BCUT2D eigenvalue weighted by Gasteiger charge is 2.24. The van der Waals surface area contributed by atoms with Gasteiger partial charge in [0.25, 0.3) is 11.8 Å². The minimum absolute atomic E-state index is 0.0471. The Bertz CT molecular complexity index is 2230. The van der Waals surface area contributed by atoms with Gasteiger partial charge in [-0.05, 0) is 77.9 Å². The Kier molecular flexibility index (Phi) is 12.1. The average Bonchev–Trinajstić information content (AvgIpc) is 3.64. The Labute approximate surface area is 318 Å². The van der Waals surface area contributed by atoms with E-state index >= 15 is 0 Å². The monoisotopic (exact) mass is 764 g/mol.